The third-order valence-electron chi connectivity index (χ3n) is 2.81. The molecule has 1 heterocycles. The molecule has 1 saturated heterocycles. The summed E-state index contributed by atoms with van der Waals surface area (Å²) in [6, 6.07) is -0.132. The largest absolute Gasteiger partial charge is 0.444 e. The highest BCUT2D eigenvalue weighted by atomic mass is 16.6. The Morgan fingerprint density at radius 3 is 2.47 bits per heavy atom. The number of urea groups is 1. The van der Waals surface area contributed by atoms with E-state index in [1.807, 2.05) is 20.8 Å². The van der Waals surface area contributed by atoms with E-state index in [9.17, 15) is 9.59 Å². The first-order valence-corrected chi connectivity index (χ1v) is 6.65. The van der Waals surface area contributed by atoms with Gasteiger partial charge in [0.25, 0.3) is 0 Å². The van der Waals surface area contributed by atoms with Crippen LogP contribution in [-0.4, -0.2) is 60.8 Å². The zero-order valence-electron chi connectivity index (χ0n) is 12.5. The number of ether oxygens (including phenoxy) is 1. The lowest BCUT2D eigenvalue weighted by Crippen LogP contribution is -2.52. The predicted octanol–water partition coefficient (Wildman–Crippen LogP) is 1.66. The molecule has 0 bridgehead atoms. The lowest BCUT2D eigenvalue weighted by molar-refractivity contribution is 0.0189. The Labute approximate surface area is 115 Å². The number of nitrogens with zero attached hydrogens (tertiary/aromatic N) is 2. The number of carbonyl (C=O) groups is 2. The van der Waals surface area contributed by atoms with Crippen molar-refractivity contribution in [2.24, 2.45) is 0 Å². The Bertz CT molecular complexity index is 337. The van der Waals surface area contributed by atoms with E-state index in [2.05, 4.69) is 5.32 Å². The standard InChI is InChI=1S/C13H25N3O3/c1-13(2,3)19-12(18)16-8-6-7-10(9-16)14-11(17)15(4)5/h10H,6-9H2,1-5H3,(H,14,17). The first-order valence-electron chi connectivity index (χ1n) is 6.65. The monoisotopic (exact) mass is 271 g/mol. The van der Waals surface area contributed by atoms with Crippen LogP contribution in [0.25, 0.3) is 0 Å². The summed E-state index contributed by atoms with van der Waals surface area (Å²) in [5, 5.41) is 2.90. The number of nitrogens with one attached hydrogen (secondary N) is 1. The molecular formula is C13H25N3O3. The maximum Gasteiger partial charge on any atom is 0.410 e. The van der Waals surface area contributed by atoms with Gasteiger partial charge in [-0.1, -0.05) is 0 Å². The molecule has 0 aliphatic carbocycles. The van der Waals surface area contributed by atoms with Crippen LogP contribution in [0.2, 0.25) is 0 Å². The van der Waals surface area contributed by atoms with Crippen LogP contribution in [0.15, 0.2) is 0 Å². The topological polar surface area (TPSA) is 61.9 Å². The molecule has 19 heavy (non-hydrogen) atoms. The van der Waals surface area contributed by atoms with Crippen LogP contribution in [0.3, 0.4) is 0 Å². The van der Waals surface area contributed by atoms with Crippen LogP contribution in [0.1, 0.15) is 33.6 Å². The highest BCUT2D eigenvalue weighted by Crippen LogP contribution is 2.15. The summed E-state index contributed by atoms with van der Waals surface area (Å²) in [5.74, 6) is 0. The van der Waals surface area contributed by atoms with Crippen molar-refractivity contribution in [2.75, 3.05) is 27.2 Å². The number of hydrogen-bond acceptors (Lipinski definition) is 3. The van der Waals surface area contributed by atoms with Crippen molar-refractivity contribution in [2.45, 2.75) is 45.3 Å². The van der Waals surface area contributed by atoms with Gasteiger partial charge in [-0.2, -0.15) is 0 Å². The minimum absolute atomic E-state index is 0.00355. The molecule has 6 heteroatoms. The molecule has 1 atom stereocenters. The number of amides is 3. The molecule has 3 amide bonds. The number of likely N-dealkylation sites (tertiary alicyclic amines) is 1. The van der Waals surface area contributed by atoms with Crippen LogP contribution < -0.4 is 5.32 Å². The fourth-order valence-corrected chi connectivity index (χ4v) is 1.89. The number of piperidine rings is 1. The van der Waals surface area contributed by atoms with E-state index < -0.39 is 5.60 Å². The lowest BCUT2D eigenvalue weighted by atomic mass is 10.1. The van der Waals surface area contributed by atoms with Gasteiger partial charge in [0.2, 0.25) is 0 Å². The van der Waals surface area contributed by atoms with Crippen molar-refractivity contribution >= 4 is 12.1 Å². The van der Waals surface area contributed by atoms with Gasteiger partial charge in [-0.15, -0.1) is 0 Å². The Balaban J connectivity index is 2.50. The number of rotatable bonds is 1. The van der Waals surface area contributed by atoms with E-state index in [0.717, 1.165) is 12.8 Å². The molecule has 1 aliphatic rings. The van der Waals surface area contributed by atoms with Crippen molar-refractivity contribution < 1.29 is 14.3 Å². The summed E-state index contributed by atoms with van der Waals surface area (Å²) in [5.41, 5.74) is -0.489. The average Bonchev–Trinajstić information content (AvgIpc) is 2.27. The van der Waals surface area contributed by atoms with Crippen molar-refractivity contribution in [3.8, 4) is 0 Å². The third kappa shape index (κ3) is 5.36. The SMILES string of the molecule is CN(C)C(=O)NC1CCCN(C(=O)OC(C)(C)C)C1. The van der Waals surface area contributed by atoms with E-state index >= 15 is 0 Å². The Morgan fingerprint density at radius 1 is 1.32 bits per heavy atom. The van der Waals surface area contributed by atoms with Crippen LogP contribution in [0.4, 0.5) is 9.59 Å². The zero-order chi connectivity index (χ0) is 14.6. The second-order valence-electron chi connectivity index (χ2n) is 6.11. The molecule has 1 rings (SSSR count). The Kier molecular flexibility index (Phi) is 5.03. The molecule has 6 nitrogen and oxygen atoms in total. The fourth-order valence-electron chi connectivity index (χ4n) is 1.89. The molecule has 0 saturated carbocycles. The van der Waals surface area contributed by atoms with Crippen LogP contribution >= 0.6 is 0 Å². The quantitative estimate of drug-likeness (QED) is 0.789. The minimum Gasteiger partial charge on any atom is -0.444 e. The van der Waals surface area contributed by atoms with Crippen molar-refractivity contribution in [1.82, 2.24) is 15.1 Å². The highest BCUT2D eigenvalue weighted by Gasteiger charge is 2.28. The van der Waals surface area contributed by atoms with Crippen LogP contribution in [0, 0.1) is 0 Å². The van der Waals surface area contributed by atoms with Gasteiger partial charge in [0.05, 0.1) is 0 Å². The first-order chi connectivity index (χ1) is 8.69. The molecule has 0 radical (unpaired) electrons. The summed E-state index contributed by atoms with van der Waals surface area (Å²) < 4.78 is 5.34. The lowest BCUT2D eigenvalue weighted by Gasteiger charge is -2.34. The van der Waals surface area contributed by atoms with E-state index in [4.69, 9.17) is 4.74 Å². The predicted molar refractivity (Wildman–Crippen MR) is 73.0 cm³/mol. The second-order valence-corrected chi connectivity index (χ2v) is 6.11. The minimum atomic E-state index is -0.489. The van der Waals surface area contributed by atoms with Gasteiger partial charge in [-0.25, -0.2) is 9.59 Å². The maximum absolute atomic E-state index is 12.0. The molecule has 0 spiro atoms. The van der Waals surface area contributed by atoms with Gasteiger partial charge in [0.15, 0.2) is 0 Å². The molecule has 110 valence electrons. The van der Waals surface area contributed by atoms with Gasteiger partial charge >= 0.3 is 12.1 Å². The van der Waals surface area contributed by atoms with Gasteiger partial charge in [-0.05, 0) is 33.6 Å². The normalized spacial score (nSPS) is 19.8. The van der Waals surface area contributed by atoms with Crippen LogP contribution in [0.5, 0.6) is 0 Å². The van der Waals surface area contributed by atoms with E-state index in [0.29, 0.717) is 13.1 Å². The second kappa shape index (κ2) is 6.12. The number of carbonyl (C=O) groups excluding carboxylic acids is 2. The molecule has 1 N–H and O–H groups in total. The fraction of sp³-hybridized carbons (Fsp3) is 0.846. The van der Waals surface area contributed by atoms with E-state index in [1.54, 1.807) is 19.0 Å². The Morgan fingerprint density at radius 2 is 1.95 bits per heavy atom. The van der Waals surface area contributed by atoms with Gasteiger partial charge in [-0.3, -0.25) is 0 Å². The van der Waals surface area contributed by atoms with Gasteiger partial charge in [0, 0.05) is 33.2 Å². The summed E-state index contributed by atoms with van der Waals surface area (Å²) >= 11 is 0. The molecule has 1 fully saturated rings. The summed E-state index contributed by atoms with van der Waals surface area (Å²) in [6.45, 7) is 6.73. The zero-order valence-corrected chi connectivity index (χ0v) is 12.5. The first kappa shape index (κ1) is 15.6. The molecular weight excluding hydrogens is 246 g/mol. The summed E-state index contributed by atoms with van der Waals surface area (Å²) in [4.78, 5) is 26.7. The summed E-state index contributed by atoms with van der Waals surface area (Å²) in [7, 11) is 3.40. The van der Waals surface area contributed by atoms with Crippen molar-refractivity contribution in [3.63, 3.8) is 0 Å². The van der Waals surface area contributed by atoms with Crippen molar-refractivity contribution in [1.29, 1.82) is 0 Å². The van der Waals surface area contributed by atoms with Crippen LogP contribution in [-0.2, 0) is 4.74 Å². The average molecular weight is 271 g/mol. The number of hydrogen-bond donors (Lipinski definition) is 1. The summed E-state index contributed by atoms with van der Waals surface area (Å²) in [6.07, 6.45) is 1.45. The molecule has 1 unspecified atom stereocenters. The van der Waals surface area contributed by atoms with Crippen molar-refractivity contribution in [3.05, 3.63) is 0 Å². The molecule has 0 aromatic rings. The molecule has 0 aromatic carbocycles. The van der Waals surface area contributed by atoms with E-state index in [-0.39, 0.29) is 18.2 Å². The maximum atomic E-state index is 12.0. The smallest absolute Gasteiger partial charge is 0.410 e. The van der Waals surface area contributed by atoms with Gasteiger partial charge in [0.1, 0.15) is 5.60 Å². The van der Waals surface area contributed by atoms with Gasteiger partial charge < -0.3 is 19.9 Å². The Hall–Kier alpha value is -1.46. The van der Waals surface area contributed by atoms with E-state index in [1.165, 1.54) is 4.90 Å². The third-order valence-corrected chi connectivity index (χ3v) is 2.81. The molecule has 1 aliphatic heterocycles. The highest BCUT2D eigenvalue weighted by molar-refractivity contribution is 5.74. The molecule has 0 aromatic heterocycles.